The molecule has 1 unspecified atom stereocenters. The van der Waals surface area contributed by atoms with Crippen LogP contribution in [0.1, 0.15) is 44.9 Å². The van der Waals surface area contributed by atoms with Gasteiger partial charge in [0.15, 0.2) is 0 Å². The molecule has 0 radical (unpaired) electrons. The summed E-state index contributed by atoms with van der Waals surface area (Å²) in [5.74, 6) is 1.75. The SMILES string of the molecule is N[C@H]1CC[C@H](Nc2cc(-c3cccc(NC4CC45CCOCC5)n3)c(Cl)cn2)CC1. The first-order valence-electron chi connectivity index (χ1n) is 11.1. The molecule has 5 rings (SSSR count). The second kappa shape index (κ2) is 8.33. The highest BCUT2D eigenvalue weighted by Gasteiger charge is 2.54. The zero-order valence-electron chi connectivity index (χ0n) is 17.2. The zero-order chi connectivity index (χ0) is 20.6. The van der Waals surface area contributed by atoms with E-state index in [2.05, 4.69) is 15.6 Å². The fourth-order valence-corrected chi connectivity index (χ4v) is 5.11. The average Bonchev–Trinajstić information content (AvgIpc) is 3.41. The molecule has 160 valence electrons. The molecule has 3 fully saturated rings. The van der Waals surface area contributed by atoms with Crippen molar-refractivity contribution in [2.75, 3.05) is 23.8 Å². The molecule has 3 heterocycles. The molecular weight excluding hydrogens is 398 g/mol. The van der Waals surface area contributed by atoms with Crippen molar-refractivity contribution in [1.82, 2.24) is 9.97 Å². The summed E-state index contributed by atoms with van der Waals surface area (Å²) in [6, 6.07) is 9.34. The molecule has 2 aromatic rings. The van der Waals surface area contributed by atoms with E-state index >= 15 is 0 Å². The van der Waals surface area contributed by atoms with Gasteiger partial charge in [0.05, 0.1) is 10.7 Å². The summed E-state index contributed by atoms with van der Waals surface area (Å²) in [6.45, 7) is 1.75. The van der Waals surface area contributed by atoms with E-state index in [1.165, 1.54) is 6.42 Å². The van der Waals surface area contributed by atoms with Gasteiger partial charge in [0, 0.05) is 43.1 Å². The van der Waals surface area contributed by atoms with E-state index in [1.54, 1.807) is 6.20 Å². The van der Waals surface area contributed by atoms with Crippen LogP contribution >= 0.6 is 11.6 Å². The Balaban J connectivity index is 1.30. The summed E-state index contributed by atoms with van der Waals surface area (Å²) in [5.41, 5.74) is 8.20. The number of rotatable bonds is 5. The Morgan fingerprint density at radius 2 is 1.87 bits per heavy atom. The maximum Gasteiger partial charge on any atom is 0.126 e. The van der Waals surface area contributed by atoms with Crippen molar-refractivity contribution in [3.63, 3.8) is 0 Å². The van der Waals surface area contributed by atoms with Crippen molar-refractivity contribution >= 4 is 23.2 Å². The maximum absolute atomic E-state index is 6.50. The predicted octanol–water partition coefficient (Wildman–Crippen LogP) is 4.46. The number of nitrogens with two attached hydrogens (primary N) is 1. The van der Waals surface area contributed by atoms with Crippen molar-refractivity contribution < 1.29 is 4.74 Å². The fraction of sp³-hybridized carbons (Fsp3) is 0.565. The van der Waals surface area contributed by atoms with Gasteiger partial charge in [0.1, 0.15) is 11.6 Å². The quantitative estimate of drug-likeness (QED) is 0.653. The number of aromatic nitrogens is 2. The van der Waals surface area contributed by atoms with Gasteiger partial charge in [-0.2, -0.15) is 0 Å². The molecule has 7 heteroatoms. The number of nitrogens with one attached hydrogen (secondary N) is 2. The normalized spacial score (nSPS) is 27.6. The lowest BCUT2D eigenvalue weighted by molar-refractivity contribution is 0.0567. The largest absolute Gasteiger partial charge is 0.381 e. The van der Waals surface area contributed by atoms with Crippen LogP contribution in [0.15, 0.2) is 30.5 Å². The summed E-state index contributed by atoms with van der Waals surface area (Å²) < 4.78 is 5.53. The third-order valence-electron chi connectivity index (χ3n) is 7.00. The Morgan fingerprint density at radius 3 is 2.67 bits per heavy atom. The molecule has 0 aromatic carbocycles. The van der Waals surface area contributed by atoms with Crippen LogP contribution < -0.4 is 16.4 Å². The fourth-order valence-electron chi connectivity index (χ4n) is 4.91. The number of hydrogen-bond acceptors (Lipinski definition) is 6. The lowest BCUT2D eigenvalue weighted by Crippen LogP contribution is -2.33. The van der Waals surface area contributed by atoms with Gasteiger partial charge >= 0.3 is 0 Å². The van der Waals surface area contributed by atoms with Gasteiger partial charge in [0.2, 0.25) is 0 Å². The zero-order valence-corrected chi connectivity index (χ0v) is 18.0. The number of hydrogen-bond donors (Lipinski definition) is 3. The third kappa shape index (κ3) is 4.27. The third-order valence-corrected chi connectivity index (χ3v) is 7.31. The van der Waals surface area contributed by atoms with E-state index in [0.717, 1.165) is 74.6 Å². The van der Waals surface area contributed by atoms with Crippen LogP contribution in [0.3, 0.4) is 0 Å². The van der Waals surface area contributed by atoms with Gasteiger partial charge in [0.25, 0.3) is 0 Å². The minimum Gasteiger partial charge on any atom is -0.381 e. The predicted molar refractivity (Wildman–Crippen MR) is 121 cm³/mol. The Kier molecular flexibility index (Phi) is 5.56. The van der Waals surface area contributed by atoms with Gasteiger partial charge in [-0.25, -0.2) is 9.97 Å². The van der Waals surface area contributed by atoms with Crippen LogP contribution in [-0.4, -0.2) is 41.3 Å². The van der Waals surface area contributed by atoms with Crippen LogP contribution in [0, 0.1) is 5.41 Å². The Bertz CT molecular complexity index is 893. The molecule has 3 aliphatic rings. The van der Waals surface area contributed by atoms with Gasteiger partial charge < -0.3 is 21.1 Å². The molecule has 1 saturated heterocycles. The molecule has 1 spiro atoms. The molecule has 0 bridgehead atoms. The van der Waals surface area contributed by atoms with Crippen LogP contribution in [0.5, 0.6) is 0 Å². The van der Waals surface area contributed by atoms with Crippen LogP contribution in [0.4, 0.5) is 11.6 Å². The smallest absolute Gasteiger partial charge is 0.126 e. The number of halogens is 1. The van der Waals surface area contributed by atoms with E-state index in [-0.39, 0.29) is 0 Å². The lowest BCUT2D eigenvalue weighted by atomic mass is 9.92. The average molecular weight is 428 g/mol. The molecule has 4 N–H and O–H groups in total. The monoisotopic (exact) mass is 427 g/mol. The highest BCUT2D eigenvalue weighted by Crippen LogP contribution is 2.54. The Hall–Kier alpha value is -1.89. The molecule has 0 amide bonds. The van der Waals surface area contributed by atoms with E-state index in [4.69, 9.17) is 27.1 Å². The maximum atomic E-state index is 6.50. The van der Waals surface area contributed by atoms with E-state index in [9.17, 15) is 0 Å². The first-order chi connectivity index (χ1) is 14.6. The van der Waals surface area contributed by atoms with Crippen molar-refractivity contribution in [1.29, 1.82) is 0 Å². The van der Waals surface area contributed by atoms with Crippen LogP contribution in [0.2, 0.25) is 5.02 Å². The number of pyridine rings is 2. The van der Waals surface area contributed by atoms with Crippen LogP contribution in [-0.2, 0) is 4.74 Å². The van der Waals surface area contributed by atoms with E-state index in [0.29, 0.717) is 28.6 Å². The lowest BCUT2D eigenvalue weighted by Gasteiger charge is -2.27. The second-order valence-corrected chi connectivity index (χ2v) is 9.50. The summed E-state index contributed by atoms with van der Waals surface area (Å²) in [5, 5.41) is 7.81. The van der Waals surface area contributed by atoms with Crippen molar-refractivity contribution in [2.45, 2.75) is 63.1 Å². The molecule has 2 saturated carbocycles. The molecule has 1 aliphatic heterocycles. The first-order valence-corrected chi connectivity index (χ1v) is 11.5. The second-order valence-electron chi connectivity index (χ2n) is 9.09. The van der Waals surface area contributed by atoms with Gasteiger partial charge in [-0.05, 0) is 68.6 Å². The molecular formula is C23H30ClN5O. The molecule has 1 atom stereocenters. The Labute approximate surface area is 183 Å². The van der Waals surface area contributed by atoms with Gasteiger partial charge in [-0.3, -0.25) is 0 Å². The highest BCUT2D eigenvalue weighted by atomic mass is 35.5. The number of anilines is 2. The number of nitrogens with zero attached hydrogens (tertiary/aromatic N) is 2. The number of ether oxygens (including phenoxy) is 1. The highest BCUT2D eigenvalue weighted by molar-refractivity contribution is 6.33. The molecule has 2 aliphatic carbocycles. The minimum atomic E-state index is 0.336. The summed E-state index contributed by atoms with van der Waals surface area (Å²) in [6.07, 6.45) is 9.47. The Morgan fingerprint density at radius 1 is 1.07 bits per heavy atom. The standard InChI is InChI=1S/C23H30ClN5O/c24-18-14-26-22(27-16-6-4-15(25)5-7-16)12-17(18)19-2-1-3-21(28-19)29-20-13-23(20)8-10-30-11-9-23/h1-3,12,14-16,20H,4-11,13,25H2,(H,26,27)(H,28,29)/t15-,16-,20?. The van der Waals surface area contributed by atoms with Crippen molar-refractivity contribution in [3.05, 3.63) is 35.5 Å². The van der Waals surface area contributed by atoms with Gasteiger partial charge in [-0.1, -0.05) is 17.7 Å². The molecule has 2 aromatic heterocycles. The summed E-state index contributed by atoms with van der Waals surface area (Å²) in [7, 11) is 0. The summed E-state index contributed by atoms with van der Waals surface area (Å²) >= 11 is 6.50. The minimum absolute atomic E-state index is 0.336. The van der Waals surface area contributed by atoms with Crippen molar-refractivity contribution in [3.8, 4) is 11.3 Å². The topological polar surface area (TPSA) is 85.1 Å². The van der Waals surface area contributed by atoms with Gasteiger partial charge in [-0.15, -0.1) is 0 Å². The van der Waals surface area contributed by atoms with E-state index < -0.39 is 0 Å². The molecule has 30 heavy (non-hydrogen) atoms. The van der Waals surface area contributed by atoms with Crippen molar-refractivity contribution in [2.24, 2.45) is 11.1 Å². The summed E-state index contributed by atoms with van der Waals surface area (Å²) in [4.78, 5) is 9.35. The molecule has 6 nitrogen and oxygen atoms in total. The van der Waals surface area contributed by atoms with E-state index in [1.807, 2.05) is 24.3 Å². The van der Waals surface area contributed by atoms with Crippen LogP contribution in [0.25, 0.3) is 11.3 Å². The first kappa shape index (κ1) is 20.0.